The largest absolute Gasteiger partial charge is 0.324 e. The highest BCUT2D eigenvalue weighted by molar-refractivity contribution is 5.90. The molecular weight excluding hydrogens is 164 g/mol. The number of allylic oxidation sites excluding steroid dienone is 1. The van der Waals surface area contributed by atoms with Gasteiger partial charge in [0.2, 0.25) is 0 Å². The van der Waals surface area contributed by atoms with E-state index in [2.05, 4.69) is 12.0 Å². The lowest BCUT2D eigenvalue weighted by molar-refractivity contribution is -0.114. The highest BCUT2D eigenvalue weighted by Crippen LogP contribution is 2.08. The highest BCUT2D eigenvalue weighted by Gasteiger charge is 1.98. The fraction of sp³-hybridized carbons (Fsp3) is 0.100. The summed E-state index contributed by atoms with van der Waals surface area (Å²) in [4.78, 5) is 11.0. The van der Waals surface area contributed by atoms with Crippen molar-refractivity contribution in [3.05, 3.63) is 42.5 Å². The molecule has 3 heteroatoms. The van der Waals surface area contributed by atoms with Crippen LogP contribution in [-0.2, 0) is 11.2 Å². The second-order valence-electron chi connectivity index (χ2n) is 2.69. The van der Waals surface area contributed by atoms with Gasteiger partial charge in [-0.25, -0.2) is 0 Å². The van der Waals surface area contributed by atoms with Gasteiger partial charge < -0.3 is 5.43 Å². The fourth-order valence-corrected chi connectivity index (χ4v) is 0.992. The molecule has 0 spiro atoms. The second kappa shape index (κ2) is 4.42. The summed E-state index contributed by atoms with van der Waals surface area (Å²) in [6, 6.07) is 7.37. The molecule has 0 heterocycles. The Morgan fingerprint density at radius 2 is 2.08 bits per heavy atom. The summed E-state index contributed by atoms with van der Waals surface area (Å²) in [6.45, 7) is 3.41. The minimum absolute atomic E-state index is 0.0217. The molecule has 0 aliphatic rings. The molecule has 3 N–H and O–H groups in total. The number of hydrogen-bond donors (Lipinski definition) is 2. The van der Waals surface area contributed by atoms with Crippen LogP contribution in [0.25, 0.3) is 0 Å². The molecule has 0 fully saturated rings. The number of benzene rings is 1. The Hall–Kier alpha value is -1.61. The Morgan fingerprint density at radius 1 is 1.46 bits per heavy atom. The van der Waals surface area contributed by atoms with E-state index in [1.165, 1.54) is 6.08 Å². The van der Waals surface area contributed by atoms with E-state index in [4.69, 9.17) is 5.84 Å². The van der Waals surface area contributed by atoms with Gasteiger partial charge in [-0.15, -0.1) is 0 Å². The number of hydrogen-bond acceptors (Lipinski definition) is 3. The molecule has 13 heavy (non-hydrogen) atoms. The number of carbonyl (C=O) groups excluding carboxylic acids is 1. The van der Waals surface area contributed by atoms with Crippen molar-refractivity contribution >= 4 is 11.5 Å². The molecule has 1 aromatic rings. The maximum Gasteiger partial charge on any atom is 0.159 e. The van der Waals surface area contributed by atoms with Crippen LogP contribution in [0.4, 0.5) is 5.69 Å². The average Bonchev–Trinajstić information content (AvgIpc) is 2.19. The Morgan fingerprint density at radius 3 is 2.54 bits per heavy atom. The SMILES string of the molecule is C=CC(=O)Cc1ccc(NN)cc1. The summed E-state index contributed by atoms with van der Waals surface area (Å²) in [5.74, 6) is 5.22. The molecule has 0 bridgehead atoms. The van der Waals surface area contributed by atoms with Crippen molar-refractivity contribution in [2.45, 2.75) is 6.42 Å². The van der Waals surface area contributed by atoms with E-state index in [-0.39, 0.29) is 5.78 Å². The fourth-order valence-electron chi connectivity index (χ4n) is 0.992. The predicted octanol–water partition coefficient (Wildman–Crippen LogP) is 1.27. The molecule has 0 saturated heterocycles. The number of rotatable bonds is 4. The van der Waals surface area contributed by atoms with Gasteiger partial charge in [0.25, 0.3) is 0 Å². The lowest BCUT2D eigenvalue weighted by atomic mass is 10.1. The first-order chi connectivity index (χ1) is 6.26. The highest BCUT2D eigenvalue weighted by atomic mass is 16.1. The lowest BCUT2D eigenvalue weighted by Gasteiger charge is -2.01. The number of nitrogens with two attached hydrogens (primary N) is 1. The monoisotopic (exact) mass is 176 g/mol. The summed E-state index contributed by atoms with van der Waals surface area (Å²) >= 11 is 0. The summed E-state index contributed by atoms with van der Waals surface area (Å²) in [5.41, 5.74) is 4.31. The molecular formula is C10H12N2O. The third-order valence-corrected chi connectivity index (χ3v) is 1.73. The summed E-state index contributed by atoms with van der Waals surface area (Å²) in [6.07, 6.45) is 1.73. The van der Waals surface area contributed by atoms with Crippen LogP contribution >= 0.6 is 0 Å². The van der Waals surface area contributed by atoms with Crippen molar-refractivity contribution in [1.29, 1.82) is 0 Å². The minimum Gasteiger partial charge on any atom is -0.324 e. The van der Waals surface area contributed by atoms with Crippen molar-refractivity contribution in [2.75, 3.05) is 5.43 Å². The number of nitrogens with one attached hydrogen (secondary N) is 1. The van der Waals surface area contributed by atoms with Gasteiger partial charge >= 0.3 is 0 Å². The van der Waals surface area contributed by atoms with Gasteiger partial charge in [-0.1, -0.05) is 18.7 Å². The van der Waals surface area contributed by atoms with Crippen LogP contribution < -0.4 is 11.3 Å². The quantitative estimate of drug-likeness (QED) is 0.412. The van der Waals surface area contributed by atoms with Crippen LogP contribution in [0, 0.1) is 0 Å². The zero-order valence-electron chi connectivity index (χ0n) is 7.29. The van der Waals surface area contributed by atoms with E-state index >= 15 is 0 Å². The summed E-state index contributed by atoms with van der Waals surface area (Å²) < 4.78 is 0. The van der Waals surface area contributed by atoms with Crippen molar-refractivity contribution in [2.24, 2.45) is 5.84 Å². The maximum atomic E-state index is 11.0. The van der Waals surface area contributed by atoms with Crippen LogP contribution in [0.2, 0.25) is 0 Å². The van der Waals surface area contributed by atoms with Crippen molar-refractivity contribution < 1.29 is 4.79 Å². The number of hydrazine groups is 1. The molecule has 3 nitrogen and oxygen atoms in total. The first kappa shape index (κ1) is 9.48. The van der Waals surface area contributed by atoms with E-state index in [0.717, 1.165) is 11.3 Å². The zero-order chi connectivity index (χ0) is 9.68. The van der Waals surface area contributed by atoms with Crippen molar-refractivity contribution in [3.63, 3.8) is 0 Å². The van der Waals surface area contributed by atoms with Crippen LogP contribution in [-0.4, -0.2) is 5.78 Å². The predicted molar refractivity (Wildman–Crippen MR) is 53.2 cm³/mol. The average molecular weight is 176 g/mol. The van der Waals surface area contributed by atoms with Crippen molar-refractivity contribution in [1.82, 2.24) is 0 Å². The minimum atomic E-state index is 0.0217. The van der Waals surface area contributed by atoms with Gasteiger partial charge in [-0.05, 0) is 23.8 Å². The van der Waals surface area contributed by atoms with Gasteiger partial charge in [0.05, 0.1) is 0 Å². The molecule has 0 aliphatic carbocycles. The number of ketones is 1. The smallest absolute Gasteiger partial charge is 0.159 e. The van der Waals surface area contributed by atoms with Gasteiger partial charge in [-0.2, -0.15) is 0 Å². The normalized spacial score (nSPS) is 9.31. The van der Waals surface area contributed by atoms with Crippen molar-refractivity contribution in [3.8, 4) is 0 Å². The molecule has 0 unspecified atom stereocenters. The van der Waals surface area contributed by atoms with E-state index in [1.54, 1.807) is 0 Å². The Labute approximate surface area is 77.2 Å². The van der Waals surface area contributed by atoms with E-state index in [9.17, 15) is 4.79 Å². The van der Waals surface area contributed by atoms with Crippen LogP contribution in [0.5, 0.6) is 0 Å². The van der Waals surface area contributed by atoms with E-state index in [0.29, 0.717) is 6.42 Å². The number of anilines is 1. The maximum absolute atomic E-state index is 11.0. The second-order valence-corrected chi connectivity index (χ2v) is 2.69. The van der Waals surface area contributed by atoms with Gasteiger partial charge in [-0.3, -0.25) is 10.6 Å². The molecule has 0 aromatic heterocycles. The molecule has 0 aliphatic heterocycles. The summed E-state index contributed by atoms with van der Waals surface area (Å²) in [7, 11) is 0. The third-order valence-electron chi connectivity index (χ3n) is 1.73. The summed E-state index contributed by atoms with van der Waals surface area (Å²) in [5, 5.41) is 0. The molecule has 1 aromatic carbocycles. The van der Waals surface area contributed by atoms with Gasteiger partial charge in [0.1, 0.15) is 0 Å². The number of carbonyl (C=O) groups is 1. The lowest BCUT2D eigenvalue weighted by Crippen LogP contribution is -2.06. The first-order valence-electron chi connectivity index (χ1n) is 3.97. The topological polar surface area (TPSA) is 55.1 Å². The van der Waals surface area contributed by atoms with Crippen LogP contribution in [0.1, 0.15) is 5.56 Å². The Balaban J connectivity index is 2.69. The number of nitrogen functional groups attached to an aromatic ring is 1. The molecule has 0 atom stereocenters. The standard InChI is InChI=1S/C10H12N2O/c1-2-10(13)7-8-3-5-9(12-11)6-4-8/h2-6,12H,1,7,11H2. The Kier molecular flexibility index (Phi) is 3.23. The molecule has 0 saturated carbocycles. The van der Waals surface area contributed by atoms with Crippen LogP contribution in [0.3, 0.4) is 0 Å². The van der Waals surface area contributed by atoms with Gasteiger partial charge in [0.15, 0.2) is 5.78 Å². The molecule has 0 radical (unpaired) electrons. The molecule has 0 amide bonds. The zero-order valence-corrected chi connectivity index (χ0v) is 7.29. The Bertz CT molecular complexity index is 303. The molecule has 1 rings (SSSR count). The van der Waals surface area contributed by atoms with Crippen LogP contribution in [0.15, 0.2) is 36.9 Å². The first-order valence-corrected chi connectivity index (χ1v) is 3.97. The van der Waals surface area contributed by atoms with E-state index < -0.39 is 0 Å². The molecule has 68 valence electrons. The third kappa shape index (κ3) is 2.72. The van der Waals surface area contributed by atoms with Gasteiger partial charge in [0, 0.05) is 12.1 Å². The van der Waals surface area contributed by atoms with E-state index in [1.807, 2.05) is 24.3 Å².